The molecule has 29 heavy (non-hydrogen) atoms. The number of nitrogens with one attached hydrogen (secondary N) is 2. The first kappa shape index (κ1) is 20.5. The van der Waals surface area contributed by atoms with E-state index in [-0.39, 0.29) is 16.1 Å². The third-order valence-corrected chi connectivity index (χ3v) is 5.78. The maximum absolute atomic E-state index is 13.2. The van der Waals surface area contributed by atoms with Crippen LogP contribution in [-0.2, 0) is 10.0 Å². The van der Waals surface area contributed by atoms with Gasteiger partial charge in [0.05, 0.1) is 10.6 Å². The number of carbonyl (C=O) groups is 1. The minimum absolute atomic E-state index is 0.0215. The predicted octanol–water partition coefficient (Wildman–Crippen LogP) is 4.63. The van der Waals surface area contributed by atoms with Gasteiger partial charge in [-0.2, -0.15) is 0 Å². The number of halogens is 2. The molecule has 0 saturated carbocycles. The van der Waals surface area contributed by atoms with Crippen LogP contribution in [0.2, 0.25) is 0 Å². The van der Waals surface area contributed by atoms with Gasteiger partial charge in [0.1, 0.15) is 11.6 Å². The molecule has 5 nitrogen and oxygen atoms in total. The van der Waals surface area contributed by atoms with Crippen molar-refractivity contribution in [2.24, 2.45) is 0 Å². The Hall–Kier alpha value is -3.26. The molecule has 0 heterocycles. The van der Waals surface area contributed by atoms with Crippen LogP contribution in [0.15, 0.2) is 65.6 Å². The Morgan fingerprint density at radius 2 is 1.52 bits per heavy atom. The van der Waals surface area contributed by atoms with Crippen LogP contribution in [-0.4, -0.2) is 14.3 Å². The average molecular weight is 416 g/mol. The lowest BCUT2D eigenvalue weighted by atomic mass is 10.1. The van der Waals surface area contributed by atoms with Crippen molar-refractivity contribution in [2.75, 3.05) is 10.0 Å². The first-order chi connectivity index (χ1) is 13.7. The van der Waals surface area contributed by atoms with E-state index in [1.165, 1.54) is 24.3 Å². The van der Waals surface area contributed by atoms with Crippen molar-refractivity contribution in [3.05, 3.63) is 89.0 Å². The lowest BCUT2D eigenvalue weighted by molar-refractivity contribution is 0.102. The van der Waals surface area contributed by atoms with Crippen molar-refractivity contribution in [2.45, 2.75) is 18.7 Å². The Labute approximate surface area is 167 Å². The molecular formula is C21H18F2N2O3S. The molecule has 1 amide bonds. The zero-order chi connectivity index (χ0) is 21.2. The number of amides is 1. The average Bonchev–Trinajstić information content (AvgIpc) is 2.64. The van der Waals surface area contributed by atoms with Crippen LogP contribution in [0.1, 0.15) is 21.5 Å². The molecule has 8 heteroatoms. The summed E-state index contributed by atoms with van der Waals surface area (Å²) in [6.07, 6.45) is 0. The van der Waals surface area contributed by atoms with Gasteiger partial charge in [-0.25, -0.2) is 17.2 Å². The molecule has 0 atom stereocenters. The first-order valence-corrected chi connectivity index (χ1v) is 10.1. The highest BCUT2D eigenvalue weighted by Gasteiger charge is 2.17. The van der Waals surface area contributed by atoms with E-state index >= 15 is 0 Å². The van der Waals surface area contributed by atoms with E-state index in [2.05, 4.69) is 10.0 Å². The number of benzene rings is 3. The molecular weight excluding hydrogens is 398 g/mol. The van der Waals surface area contributed by atoms with Crippen LogP contribution >= 0.6 is 0 Å². The van der Waals surface area contributed by atoms with Gasteiger partial charge in [0.15, 0.2) is 0 Å². The van der Waals surface area contributed by atoms with Crippen LogP contribution in [0, 0.1) is 25.5 Å². The summed E-state index contributed by atoms with van der Waals surface area (Å²) in [5, 5.41) is 2.37. The number of carbonyl (C=O) groups excluding carboxylic acids is 1. The van der Waals surface area contributed by atoms with Crippen molar-refractivity contribution in [3.63, 3.8) is 0 Å². The lowest BCUT2D eigenvalue weighted by Crippen LogP contribution is -2.15. The zero-order valence-electron chi connectivity index (χ0n) is 15.7. The minimum Gasteiger partial charge on any atom is -0.322 e. The molecule has 0 saturated heterocycles. The molecule has 150 valence electrons. The Balaban J connectivity index is 1.78. The standard InChI is InChI=1S/C21H18F2N2O3S/c1-13-4-3-5-20(14(13)2)25-29(27,28)19-8-6-15(7-9-19)21(26)24-18-11-16(22)10-17(23)12-18/h3-12,25H,1-2H3,(H,24,26). The van der Waals surface area contributed by atoms with Crippen LogP contribution in [0.3, 0.4) is 0 Å². The molecule has 0 aliphatic carbocycles. The summed E-state index contributed by atoms with van der Waals surface area (Å²) in [6.45, 7) is 3.70. The van der Waals surface area contributed by atoms with Gasteiger partial charge in [0, 0.05) is 17.3 Å². The molecule has 0 radical (unpaired) electrons. The largest absolute Gasteiger partial charge is 0.322 e. The molecule has 0 unspecified atom stereocenters. The fourth-order valence-electron chi connectivity index (χ4n) is 2.68. The molecule has 0 bridgehead atoms. The first-order valence-electron chi connectivity index (χ1n) is 8.62. The lowest BCUT2D eigenvalue weighted by Gasteiger charge is -2.12. The van der Waals surface area contributed by atoms with Crippen molar-refractivity contribution in [1.82, 2.24) is 0 Å². The number of hydrogen-bond donors (Lipinski definition) is 2. The normalized spacial score (nSPS) is 11.2. The highest BCUT2D eigenvalue weighted by atomic mass is 32.2. The van der Waals surface area contributed by atoms with Gasteiger partial charge in [0.25, 0.3) is 15.9 Å². The van der Waals surface area contributed by atoms with E-state index < -0.39 is 27.6 Å². The molecule has 0 fully saturated rings. The number of rotatable bonds is 5. The number of aryl methyl sites for hydroxylation is 1. The van der Waals surface area contributed by atoms with Gasteiger partial charge in [-0.1, -0.05) is 12.1 Å². The van der Waals surface area contributed by atoms with E-state index in [1.54, 1.807) is 12.1 Å². The number of sulfonamides is 1. The van der Waals surface area contributed by atoms with E-state index in [0.717, 1.165) is 23.3 Å². The maximum atomic E-state index is 13.2. The molecule has 2 N–H and O–H groups in total. The van der Waals surface area contributed by atoms with Gasteiger partial charge in [-0.3, -0.25) is 9.52 Å². The quantitative estimate of drug-likeness (QED) is 0.637. The topological polar surface area (TPSA) is 75.3 Å². The van der Waals surface area contributed by atoms with Crippen LogP contribution < -0.4 is 10.0 Å². The van der Waals surface area contributed by atoms with Gasteiger partial charge >= 0.3 is 0 Å². The van der Waals surface area contributed by atoms with Crippen molar-refractivity contribution < 1.29 is 22.0 Å². The molecule has 0 aliphatic rings. The van der Waals surface area contributed by atoms with Crippen LogP contribution in [0.5, 0.6) is 0 Å². The maximum Gasteiger partial charge on any atom is 0.261 e. The summed E-state index contributed by atoms with van der Waals surface area (Å²) in [7, 11) is -3.85. The highest BCUT2D eigenvalue weighted by Crippen LogP contribution is 2.22. The van der Waals surface area contributed by atoms with Gasteiger partial charge in [0.2, 0.25) is 0 Å². The molecule has 3 rings (SSSR count). The highest BCUT2D eigenvalue weighted by molar-refractivity contribution is 7.92. The van der Waals surface area contributed by atoms with Crippen molar-refractivity contribution in [3.8, 4) is 0 Å². The number of anilines is 2. The van der Waals surface area contributed by atoms with E-state index in [4.69, 9.17) is 0 Å². The SMILES string of the molecule is Cc1cccc(NS(=O)(=O)c2ccc(C(=O)Nc3cc(F)cc(F)c3)cc2)c1C. The number of hydrogen-bond acceptors (Lipinski definition) is 3. The molecule has 3 aromatic rings. The van der Waals surface area contributed by atoms with Gasteiger partial charge in [-0.15, -0.1) is 0 Å². The van der Waals surface area contributed by atoms with Crippen LogP contribution in [0.4, 0.5) is 20.2 Å². The van der Waals surface area contributed by atoms with Gasteiger partial charge in [-0.05, 0) is 67.4 Å². The Bertz CT molecular complexity index is 1160. The van der Waals surface area contributed by atoms with Crippen LogP contribution in [0.25, 0.3) is 0 Å². The monoisotopic (exact) mass is 416 g/mol. The van der Waals surface area contributed by atoms with E-state index in [1.807, 2.05) is 19.9 Å². The fraction of sp³-hybridized carbons (Fsp3) is 0.0952. The summed E-state index contributed by atoms with van der Waals surface area (Å²) >= 11 is 0. The Morgan fingerprint density at radius 3 is 2.14 bits per heavy atom. The van der Waals surface area contributed by atoms with Gasteiger partial charge < -0.3 is 5.32 Å². The van der Waals surface area contributed by atoms with Crippen molar-refractivity contribution >= 4 is 27.3 Å². The minimum atomic E-state index is -3.85. The van der Waals surface area contributed by atoms with Crippen molar-refractivity contribution in [1.29, 1.82) is 0 Å². The fourth-order valence-corrected chi connectivity index (χ4v) is 3.80. The van der Waals surface area contributed by atoms with E-state index in [0.29, 0.717) is 11.8 Å². The summed E-state index contributed by atoms with van der Waals surface area (Å²) in [4.78, 5) is 12.2. The summed E-state index contributed by atoms with van der Waals surface area (Å²) in [6, 6.07) is 13.2. The smallest absolute Gasteiger partial charge is 0.261 e. The third-order valence-electron chi connectivity index (χ3n) is 4.40. The second kappa shape index (κ2) is 8.00. The molecule has 0 aliphatic heterocycles. The zero-order valence-corrected chi connectivity index (χ0v) is 16.5. The predicted molar refractivity (Wildman–Crippen MR) is 107 cm³/mol. The molecule has 3 aromatic carbocycles. The Morgan fingerprint density at radius 1 is 0.897 bits per heavy atom. The second-order valence-electron chi connectivity index (χ2n) is 6.49. The molecule has 0 spiro atoms. The third kappa shape index (κ3) is 4.78. The molecule has 0 aromatic heterocycles. The summed E-state index contributed by atoms with van der Waals surface area (Å²) < 4.78 is 54.2. The Kier molecular flexibility index (Phi) is 5.65. The summed E-state index contributed by atoms with van der Waals surface area (Å²) in [5.41, 5.74) is 2.33. The second-order valence-corrected chi connectivity index (χ2v) is 8.17. The summed E-state index contributed by atoms with van der Waals surface area (Å²) in [5.74, 6) is -2.26. The van der Waals surface area contributed by atoms with E-state index in [9.17, 15) is 22.0 Å².